The van der Waals surface area contributed by atoms with E-state index >= 15 is 0 Å². The predicted molar refractivity (Wildman–Crippen MR) is 97.6 cm³/mol. The zero-order valence-electron chi connectivity index (χ0n) is 13.4. The van der Waals surface area contributed by atoms with E-state index in [4.69, 9.17) is 0 Å². The number of hydrogen-bond donors (Lipinski definition) is 1. The number of benzene rings is 1. The van der Waals surface area contributed by atoms with Gasteiger partial charge in [-0.3, -0.25) is 9.78 Å². The van der Waals surface area contributed by atoms with Crippen molar-refractivity contribution in [3.8, 4) is 0 Å². The number of aromatic nitrogens is 1. The van der Waals surface area contributed by atoms with Crippen molar-refractivity contribution in [2.24, 2.45) is 0 Å². The van der Waals surface area contributed by atoms with Gasteiger partial charge in [-0.25, -0.2) is 8.42 Å². The molecule has 2 heterocycles. The SMILES string of the molecule is O=C(NC1CCN(S(=O)(=O)c2ccc(Br)cc2)CC1)c1ccncc1. The first-order valence-corrected chi connectivity index (χ1v) is 10.2. The van der Waals surface area contributed by atoms with E-state index in [0.29, 0.717) is 31.5 Å². The fourth-order valence-electron chi connectivity index (χ4n) is 2.77. The number of nitrogens with one attached hydrogen (secondary N) is 1. The van der Waals surface area contributed by atoms with Gasteiger partial charge in [-0.2, -0.15) is 4.31 Å². The number of rotatable bonds is 4. The molecule has 2 aromatic rings. The van der Waals surface area contributed by atoms with E-state index in [1.54, 1.807) is 48.8 Å². The molecule has 25 heavy (non-hydrogen) atoms. The van der Waals surface area contributed by atoms with Crippen molar-refractivity contribution in [3.63, 3.8) is 0 Å². The first kappa shape index (κ1) is 18.0. The highest BCUT2D eigenvalue weighted by atomic mass is 79.9. The van der Waals surface area contributed by atoms with Crippen molar-refractivity contribution in [3.05, 3.63) is 58.8 Å². The number of hydrogen-bond acceptors (Lipinski definition) is 4. The molecule has 0 unspecified atom stereocenters. The molecule has 1 saturated heterocycles. The van der Waals surface area contributed by atoms with E-state index in [0.717, 1.165) is 4.47 Å². The van der Waals surface area contributed by atoms with Gasteiger partial charge in [0.1, 0.15) is 0 Å². The zero-order chi connectivity index (χ0) is 17.9. The minimum atomic E-state index is -3.49. The first-order valence-electron chi connectivity index (χ1n) is 7.93. The number of carbonyl (C=O) groups is 1. The van der Waals surface area contributed by atoms with E-state index in [9.17, 15) is 13.2 Å². The molecule has 1 N–H and O–H groups in total. The molecule has 1 aromatic heterocycles. The molecular formula is C17H18BrN3O3S. The summed E-state index contributed by atoms with van der Waals surface area (Å²) in [5, 5.41) is 2.96. The third-order valence-corrected chi connectivity index (χ3v) is 6.62. The summed E-state index contributed by atoms with van der Waals surface area (Å²) in [6.07, 6.45) is 4.32. The van der Waals surface area contributed by atoms with Crippen LogP contribution < -0.4 is 5.32 Å². The van der Waals surface area contributed by atoms with Gasteiger partial charge in [-0.05, 0) is 49.2 Å². The Morgan fingerprint density at radius 1 is 1.08 bits per heavy atom. The monoisotopic (exact) mass is 423 g/mol. The molecule has 1 aromatic carbocycles. The van der Waals surface area contributed by atoms with Crippen molar-refractivity contribution < 1.29 is 13.2 Å². The summed E-state index contributed by atoms with van der Waals surface area (Å²) >= 11 is 3.31. The second-order valence-corrected chi connectivity index (χ2v) is 8.70. The van der Waals surface area contributed by atoms with Crippen molar-refractivity contribution in [2.45, 2.75) is 23.8 Å². The fourth-order valence-corrected chi connectivity index (χ4v) is 4.50. The Labute approximate surface area is 155 Å². The number of pyridine rings is 1. The molecule has 0 spiro atoms. The maximum Gasteiger partial charge on any atom is 0.251 e. The second-order valence-electron chi connectivity index (χ2n) is 5.84. The van der Waals surface area contributed by atoms with Crippen LogP contribution in [0.3, 0.4) is 0 Å². The summed E-state index contributed by atoms with van der Waals surface area (Å²) in [5.74, 6) is -0.156. The number of nitrogens with zero attached hydrogens (tertiary/aromatic N) is 2. The Balaban J connectivity index is 1.60. The van der Waals surface area contributed by atoms with Gasteiger partial charge in [-0.15, -0.1) is 0 Å². The normalized spacial score (nSPS) is 16.5. The molecule has 0 saturated carbocycles. The van der Waals surface area contributed by atoms with Gasteiger partial charge in [0.15, 0.2) is 0 Å². The van der Waals surface area contributed by atoms with Gasteiger partial charge in [0, 0.05) is 41.6 Å². The minimum absolute atomic E-state index is 0.0305. The lowest BCUT2D eigenvalue weighted by Crippen LogP contribution is -2.46. The second kappa shape index (κ2) is 7.63. The Hall–Kier alpha value is -1.77. The lowest BCUT2D eigenvalue weighted by Gasteiger charge is -2.31. The lowest BCUT2D eigenvalue weighted by molar-refractivity contribution is 0.0923. The molecule has 1 aliphatic heterocycles. The number of sulfonamides is 1. The minimum Gasteiger partial charge on any atom is -0.349 e. The van der Waals surface area contributed by atoms with E-state index in [1.165, 1.54) is 4.31 Å². The van der Waals surface area contributed by atoms with Crippen molar-refractivity contribution >= 4 is 31.9 Å². The Kier molecular flexibility index (Phi) is 5.51. The molecule has 132 valence electrons. The van der Waals surface area contributed by atoms with Gasteiger partial charge in [0.2, 0.25) is 10.0 Å². The summed E-state index contributed by atoms with van der Waals surface area (Å²) in [5.41, 5.74) is 0.555. The standard InChI is InChI=1S/C17H18BrN3O3S/c18-14-1-3-16(4-2-14)25(23,24)21-11-7-15(8-12-21)20-17(22)13-5-9-19-10-6-13/h1-6,9-10,15H,7-8,11-12H2,(H,20,22). The van der Waals surface area contributed by atoms with Crippen LogP contribution in [0.1, 0.15) is 23.2 Å². The summed E-state index contributed by atoms with van der Waals surface area (Å²) in [4.78, 5) is 16.3. The topological polar surface area (TPSA) is 79.4 Å². The molecule has 3 rings (SSSR count). The van der Waals surface area contributed by atoms with Gasteiger partial charge in [0.25, 0.3) is 5.91 Å². The van der Waals surface area contributed by atoms with Crippen molar-refractivity contribution in [1.82, 2.24) is 14.6 Å². The van der Waals surface area contributed by atoms with Crippen LogP contribution in [0.4, 0.5) is 0 Å². The van der Waals surface area contributed by atoms with Crippen molar-refractivity contribution in [1.29, 1.82) is 0 Å². The third kappa shape index (κ3) is 4.26. The van der Waals surface area contributed by atoms with E-state index in [1.807, 2.05) is 0 Å². The highest BCUT2D eigenvalue weighted by Crippen LogP contribution is 2.22. The number of carbonyl (C=O) groups excluding carboxylic acids is 1. The average molecular weight is 424 g/mol. The van der Waals surface area contributed by atoms with Crippen LogP contribution in [0.25, 0.3) is 0 Å². The Morgan fingerprint density at radius 3 is 2.28 bits per heavy atom. The van der Waals surface area contributed by atoms with Gasteiger partial charge in [0.05, 0.1) is 4.90 Å². The van der Waals surface area contributed by atoms with Crippen LogP contribution in [0.15, 0.2) is 58.2 Å². The summed E-state index contributed by atoms with van der Waals surface area (Å²) in [7, 11) is -3.49. The number of halogens is 1. The quantitative estimate of drug-likeness (QED) is 0.818. The number of piperidine rings is 1. The summed E-state index contributed by atoms with van der Waals surface area (Å²) < 4.78 is 27.6. The fraction of sp³-hybridized carbons (Fsp3) is 0.294. The van der Waals surface area contributed by atoms with Crippen molar-refractivity contribution in [2.75, 3.05) is 13.1 Å². The molecule has 0 bridgehead atoms. The van der Waals surface area contributed by atoms with Gasteiger partial charge < -0.3 is 5.32 Å². The predicted octanol–water partition coefficient (Wildman–Crippen LogP) is 2.43. The van der Waals surface area contributed by atoms with Gasteiger partial charge in [-0.1, -0.05) is 15.9 Å². The molecule has 0 atom stereocenters. The Morgan fingerprint density at radius 2 is 1.68 bits per heavy atom. The van der Waals surface area contributed by atoms with E-state index < -0.39 is 10.0 Å². The molecular weight excluding hydrogens is 406 g/mol. The molecule has 1 fully saturated rings. The van der Waals surface area contributed by atoms with E-state index in [2.05, 4.69) is 26.2 Å². The van der Waals surface area contributed by atoms with Crippen LogP contribution in [-0.4, -0.2) is 42.7 Å². The zero-order valence-corrected chi connectivity index (χ0v) is 15.8. The average Bonchev–Trinajstić information content (AvgIpc) is 2.63. The maximum absolute atomic E-state index is 12.7. The van der Waals surface area contributed by atoms with Crippen LogP contribution in [0, 0.1) is 0 Å². The van der Waals surface area contributed by atoms with Crippen LogP contribution in [0.5, 0.6) is 0 Å². The summed E-state index contributed by atoms with van der Waals surface area (Å²) in [6, 6.07) is 9.90. The molecule has 0 aliphatic carbocycles. The molecule has 8 heteroatoms. The molecule has 1 aliphatic rings. The molecule has 1 amide bonds. The highest BCUT2D eigenvalue weighted by molar-refractivity contribution is 9.10. The largest absolute Gasteiger partial charge is 0.349 e. The summed E-state index contributed by atoms with van der Waals surface area (Å²) in [6.45, 7) is 0.777. The Bertz CT molecular complexity index is 833. The maximum atomic E-state index is 12.7. The highest BCUT2D eigenvalue weighted by Gasteiger charge is 2.30. The smallest absolute Gasteiger partial charge is 0.251 e. The van der Waals surface area contributed by atoms with Crippen LogP contribution in [-0.2, 0) is 10.0 Å². The lowest BCUT2D eigenvalue weighted by atomic mass is 10.1. The van der Waals surface area contributed by atoms with Crippen LogP contribution in [0.2, 0.25) is 0 Å². The third-order valence-electron chi connectivity index (χ3n) is 4.18. The van der Waals surface area contributed by atoms with Crippen LogP contribution >= 0.6 is 15.9 Å². The van der Waals surface area contributed by atoms with Gasteiger partial charge >= 0.3 is 0 Å². The first-order chi connectivity index (χ1) is 12.0. The molecule has 0 radical (unpaired) electrons. The number of amides is 1. The molecule has 6 nitrogen and oxygen atoms in total. The van der Waals surface area contributed by atoms with E-state index in [-0.39, 0.29) is 16.8 Å².